The number of rotatable bonds is 7. The molecule has 1 amide bonds. The second-order valence-electron chi connectivity index (χ2n) is 6.15. The smallest absolute Gasteiger partial charge is 0.261 e. The van der Waals surface area contributed by atoms with Crippen LogP contribution in [-0.2, 0) is 10.0 Å². The van der Waals surface area contributed by atoms with E-state index in [1.165, 1.54) is 12.1 Å². The van der Waals surface area contributed by atoms with Gasteiger partial charge in [-0.1, -0.05) is 17.7 Å². The molecule has 0 radical (unpaired) electrons. The molecule has 0 atom stereocenters. The molecule has 0 aliphatic carbocycles. The molecule has 140 valence electrons. The number of sulfonamides is 1. The van der Waals surface area contributed by atoms with Crippen LogP contribution in [0.3, 0.4) is 0 Å². The van der Waals surface area contributed by atoms with Crippen LogP contribution in [0.5, 0.6) is 0 Å². The van der Waals surface area contributed by atoms with E-state index in [-0.39, 0.29) is 10.8 Å². The molecule has 2 aromatic carbocycles. The van der Waals surface area contributed by atoms with E-state index in [0.717, 1.165) is 0 Å². The summed E-state index contributed by atoms with van der Waals surface area (Å²) >= 11 is 5.90. The number of hydrogen-bond donors (Lipinski definition) is 2. The van der Waals surface area contributed by atoms with Crippen LogP contribution in [0.25, 0.3) is 0 Å². The number of amides is 1. The lowest BCUT2D eigenvalue weighted by Gasteiger charge is -2.13. The van der Waals surface area contributed by atoms with Crippen molar-refractivity contribution in [2.75, 3.05) is 31.9 Å². The maximum Gasteiger partial charge on any atom is 0.261 e. The third-order valence-corrected chi connectivity index (χ3v) is 5.28. The molecule has 0 aliphatic rings. The molecular weight excluding hydrogens is 374 g/mol. The summed E-state index contributed by atoms with van der Waals surface area (Å²) in [7, 11) is -0.00692. The van der Waals surface area contributed by atoms with Crippen molar-refractivity contribution in [2.45, 2.75) is 11.8 Å². The maximum atomic E-state index is 12.6. The lowest BCUT2D eigenvalue weighted by atomic mass is 10.2. The van der Waals surface area contributed by atoms with Gasteiger partial charge in [-0.2, -0.15) is 0 Å². The molecule has 0 spiro atoms. The molecule has 2 N–H and O–H groups in total. The number of likely N-dealkylation sites (N-methyl/N-ethyl adjacent to an activating group) is 1. The van der Waals surface area contributed by atoms with Crippen molar-refractivity contribution >= 4 is 33.2 Å². The Hall–Kier alpha value is -2.09. The summed E-state index contributed by atoms with van der Waals surface area (Å²) in [5, 5.41) is 3.29. The molecule has 0 saturated heterocycles. The molecule has 2 aromatic rings. The van der Waals surface area contributed by atoms with Crippen molar-refractivity contribution in [3.05, 3.63) is 58.6 Å². The summed E-state index contributed by atoms with van der Waals surface area (Å²) in [5.74, 6) is -0.313. The lowest BCUT2D eigenvalue weighted by molar-refractivity contribution is 0.0951. The number of benzene rings is 2. The highest BCUT2D eigenvalue weighted by Crippen LogP contribution is 2.23. The van der Waals surface area contributed by atoms with E-state index in [0.29, 0.717) is 34.9 Å². The summed E-state index contributed by atoms with van der Waals surface area (Å²) in [4.78, 5) is 14.2. The van der Waals surface area contributed by atoms with E-state index in [9.17, 15) is 13.2 Å². The predicted octanol–water partition coefficient (Wildman–Crippen LogP) is 2.74. The minimum absolute atomic E-state index is 0.0205. The van der Waals surface area contributed by atoms with Gasteiger partial charge in [-0.05, 0) is 63.0 Å². The Morgan fingerprint density at radius 2 is 1.88 bits per heavy atom. The monoisotopic (exact) mass is 395 g/mol. The molecule has 26 heavy (non-hydrogen) atoms. The summed E-state index contributed by atoms with van der Waals surface area (Å²) in [6.07, 6.45) is 0. The number of nitrogens with one attached hydrogen (secondary N) is 2. The van der Waals surface area contributed by atoms with Gasteiger partial charge in [0.1, 0.15) is 0 Å². The fraction of sp³-hybridized carbons (Fsp3) is 0.278. The molecule has 0 saturated carbocycles. The topological polar surface area (TPSA) is 78.5 Å². The first-order valence-corrected chi connectivity index (χ1v) is 9.87. The van der Waals surface area contributed by atoms with Crippen molar-refractivity contribution in [3.63, 3.8) is 0 Å². The van der Waals surface area contributed by atoms with Crippen LogP contribution < -0.4 is 10.0 Å². The normalized spacial score (nSPS) is 11.4. The van der Waals surface area contributed by atoms with E-state index in [1.54, 1.807) is 37.3 Å². The largest absolute Gasteiger partial charge is 0.351 e. The summed E-state index contributed by atoms with van der Waals surface area (Å²) < 4.78 is 27.8. The molecular formula is C18H22ClN3O3S. The number of nitrogens with zero attached hydrogens (tertiary/aromatic N) is 1. The Morgan fingerprint density at radius 1 is 1.15 bits per heavy atom. The Labute approximate surface area is 159 Å². The predicted molar refractivity (Wildman–Crippen MR) is 104 cm³/mol. The minimum Gasteiger partial charge on any atom is -0.351 e. The first-order chi connectivity index (χ1) is 12.2. The molecule has 0 bridgehead atoms. The highest BCUT2D eigenvalue weighted by Gasteiger charge is 2.17. The molecule has 0 aliphatic heterocycles. The van der Waals surface area contributed by atoms with Crippen LogP contribution in [0.2, 0.25) is 5.02 Å². The summed E-state index contributed by atoms with van der Waals surface area (Å²) in [6, 6.07) is 10.8. The van der Waals surface area contributed by atoms with Crippen molar-refractivity contribution in [1.82, 2.24) is 10.2 Å². The Morgan fingerprint density at radius 3 is 2.54 bits per heavy atom. The Kier molecular flexibility index (Phi) is 6.63. The summed E-state index contributed by atoms with van der Waals surface area (Å²) in [5.41, 5.74) is 1.44. The molecule has 2 rings (SSSR count). The van der Waals surface area contributed by atoms with Gasteiger partial charge in [-0.15, -0.1) is 0 Å². The first kappa shape index (κ1) is 20.2. The molecule has 0 aromatic heterocycles. The average Bonchev–Trinajstić information content (AvgIpc) is 2.57. The van der Waals surface area contributed by atoms with E-state index in [4.69, 9.17) is 11.6 Å². The van der Waals surface area contributed by atoms with Gasteiger partial charge in [0.05, 0.1) is 10.6 Å². The zero-order valence-corrected chi connectivity index (χ0v) is 16.5. The SMILES string of the molecule is Cc1cc(Cl)ccc1NS(=O)(=O)c1cccc(C(=O)NCCN(C)C)c1. The number of carbonyl (C=O) groups excluding carboxylic acids is 1. The number of carbonyl (C=O) groups is 1. The highest BCUT2D eigenvalue weighted by atomic mass is 35.5. The van der Waals surface area contributed by atoms with E-state index < -0.39 is 10.0 Å². The van der Waals surface area contributed by atoms with Crippen LogP contribution in [-0.4, -0.2) is 46.4 Å². The quantitative estimate of drug-likeness (QED) is 0.755. The van der Waals surface area contributed by atoms with Gasteiger partial charge in [-0.3, -0.25) is 9.52 Å². The van der Waals surface area contributed by atoms with Crippen LogP contribution in [0.15, 0.2) is 47.4 Å². The van der Waals surface area contributed by atoms with Crippen molar-refractivity contribution in [2.24, 2.45) is 0 Å². The highest BCUT2D eigenvalue weighted by molar-refractivity contribution is 7.92. The average molecular weight is 396 g/mol. The van der Waals surface area contributed by atoms with Gasteiger partial charge < -0.3 is 10.2 Å². The van der Waals surface area contributed by atoms with Crippen molar-refractivity contribution in [3.8, 4) is 0 Å². The number of hydrogen-bond acceptors (Lipinski definition) is 4. The number of halogens is 1. The van der Waals surface area contributed by atoms with Crippen molar-refractivity contribution < 1.29 is 13.2 Å². The fourth-order valence-electron chi connectivity index (χ4n) is 2.24. The Balaban J connectivity index is 2.18. The first-order valence-electron chi connectivity index (χ1n) is 8.01. The fourth-order valence-corrected chi connectivity index (χ4v) is 3.65. The van der Waals surface area contributed by atoms with Gasteiger partial charge in [0, 0.05) is 23.7 Å². The molecule has 0 heterocycles. The second-order valence-corrected chi connectivity index (χ2v) is 8.27. The van der Waals surface area contributed by atoms with Crippen molar-refractivity contribution in [1.29, 1.82) is 0 Å². The molecule has 6 nitrogen and oxygen atoms in total. The third kappa shape index (κ3) is 5.45. The Bertz CT molecular complexity index is 898. The number of anilines is 1. The van der Waals surface area contributed by atoms with Gasteiger partial charge in [0.15, 0.2) is 0 Å². The maximum absolute atomic E-state index is 12.6. The van der Waals surface area contributed by atoms with Crippen LogP contribution in [0.4, 0.5) is 5.69 Å². The second kappa shape index (κ2) is 8.53. The standard InChI is InChI=1S/C18H22ClN3O3S/c1-13-11-15(19)7-8-17(13)21-26(24,25)16-6-4-5-14(12-16)18(23)20-9-10-22(2)3/h4-8,11-12,21H,9-10H2,1-3H3,(H,20,23). The van der Waals surface area contributed by atoms with Gasteiger partial charge in [-0.25, -0.2) is 8.42 Å². The number of aryl methyl sites for hydroxylation is 1. The van der Waals surface area contributed by atoms with E-state index in [1.807, 2.05) is 19.0 Å². The van der Waals surface area contributed by atoms with Crippen LogP contribution >= 0.6 is 11.6 Å². The van der Waals surface area contributed by atoms with Gasteiger partial charge >= 0.3 is 0 Å². The van der Waals surface area contributed by atoms with Gasteiger partial charge in [0.25, 0.3) is 15.9 Å². The molecule has 0 fully saturated rings. The molecule has 8 heteroatoms. The molecule has 0 unspecified atom stereocenters. The zero-order chi connectivity index (χ0) is 19.3. The van der Waals surface area contributed by atoms with E-state index in [2.05, 4.69) is 10.0 Å². The lowest BCUT2D eigenvalue weighted by Crippen LogP contribution is -2.31. The minimum atomic E-state index is -3.82. The van der Waals surface area contributed by atoms with Gasteiger partial charge in [0.2, 0.25) is 0 Å². The van der Waals surface area contributed by atoms with Crippen LogP contribution in [0, 0.1) is 6.92 Å². The van der Waals surface area contributed by atoms with Crippen LogP contribution in [0.1, 0.15) is 15.9 Å². The third-order valence-electron chi connectivity index (χ3n) is 3.68. The summed E-state index contributed by atoms with van der Waals surface area (Å²) in [6.45, 7) is 2.94. The van der Waals surface area contributed by atoms with E-state index >= 15 is 0 Å². The zero-order valence-electron chi connectivity index (χ0n) is 14.9.